The molecule has 60 valence electrons. The van der Waals surface area contributed by atoms with Crippen LogP contribution in [0, 0.1) is 5.41 Å². The molecule has 1 aliphatic rings. The molecule has 1 rings (SSSR count). The van der Waals surface area contributed by atoms with Crippen molar-refractivity contribution in [2.45, 2.75) is 0 Å². The molecule has 1 heterocycles. The lowest BCUT2D eigenvalue weighted by Crippen LogP contribution is -2.38. The zero-order chi connectivity index (χ0) is 6.69. The first-order valence-electron chi connectivity index (χ1n) is 2.87. The minimum atomic E-state index is 0. The quantitative estimate of drug-likeness (QED) is 0.346. The van der Waals surface area contributed by atoms with Crippen molar-refractivity contribution < 1.29 is 4.74 Å². The fraction of sp³-hybridized carbons (Fsp3) is 0.800. The van der Waals surface area contributed by atoms with E-state index < -0.39 is 0 Å². The number of halogens is 2. The van der Waals surface area contributed by atoms with E-state index >= 15 is 0 Å². The van der Waals surface area contributed by atoms with E-state index in [4.69, 9.17) is 21.7 Å². The lowest BCUT2D eigenvalue weighted by molar-refractivity contribution is 0.0689. The number of nitrogens with one attached hydrogen (secondary N) is 1. The predicted molar refractivity (Wildman–Crippen MR) is 43.2 cm³/mol. The summed E-state index contributed by atoms with van der Waals surface area (Å²) in [6, 6.07) is 0. The van der Waals surface area contributed by atoms with E-state index in [0.717, 1.165) is 13.1 Å². The molecule has 0 aromatic rings. The number of amidine groups is 1. The molecule has 1 aliphatic heterocycles. The van der Waals surface area contributed by atoms with E-state index in [1.807, 2.05) is 0 Å². The Balaban J connectivity index is 0.000000810. The maximum atomic E-state index is 7.02. The number of hydrogen-bond donors (Lipinski definition) is 1. The van der Waals surface area contributed by atoms with E-state index in [2.05, 4.69) is 0 Å². The van der Waals surface area contributed by atoms with Crippen LogP contribution in [-0.2, 0) is 4.74 Å². The highest BCUT2D eigenvalue weighted by atomic mass is 35.5. The van der Waals surface area contributed by atoms with Gasteiger partial charge in [-0.2, -0.15) is 0 Å². The van der Waals surface area contributed by atoms with Gasteiger partial charge in [-0.1, -0.05) is 0 Å². The van der Waals surface area contributed by atoms with E-state index in [9.17, 15) is 0 Å². The average molecular weight is 185 g/mol. The van der Waals surface area contributed by atoms with Crippen LogP contribution in [0.15, 0.2) is 0 Å². The van der Waals surface area contributed by atoms with Gasteiger partial charge in [0.2, 0.25) is 0 Å². The molecule has 0 aromatic heterocycles. The molecular weight excluding hydrogens is 175 g/mol. The summed E-state index contributed by atoms with van der Waals surface area (Å²) in [6.07, 6.45) is 0. The highest BCUT2D eigenvalue weighted by molar-refractivity contribution is 6.63. The summed E-state index contributed by atoms with van der Waals surface area (Å²) in [5.41, 5.74) is 0. The highest BCUT2D eigenvalue weighted by Gasteiger charge is 2.10. The molecule has 10 heavy (non-hydrogen) atoms. The largest absolute Gasteiger partial charge is 0.378 e. The van der Waals surface area contributed by atoms with E-state index in [0.29, 0.717) is 13.2 Å². The van der Waals surface area contributed by atoms with Gasteiger partial charge in [-0.15, -0.1) is 12.4 Å². The van der Waals surface area contributed by atoms with Gasteiger partial charge < -0.3 is 9.64 Å². The smallest absolute Gasteiger partial charge is 0.191 e. The van der Waals surface area contributed by atoms with Crippen molar-refractivity contribution in [3.05, 3.63) is 0 Å². The monoisotopic (exact) mass is 184 g/mol. The Morgan fingerprint density at radius 3 is 2.20 bits per heavy atom. The van der Waals surface area contributed by atoms with Crippen LogP contribution in [-0.4, -0.2) is 36.5 Å². The van der Waals surface area contributed by atoms with Gasteiger partial charge >= 0.3 is 0 Å². The molecule has 0 aliphatic carbocycles. The molecule has 3 nitrogen and oxygen atoms in total. The van der Waals surface area contributed by atoms with Crippen LogP contribution in [0.25, 0.3) is 0 Å². The van der Waals surface area contributed by atoms with Crippen LogP contribution in [0.3, 0.4) is 0 Å². The first kappa shape index (κ1) is 10.0. The third-order valence-corrected chi connectivity index (χ3v) is 1.53. The second kappa shape index (κ2) is 4.77. The first-order valence-corrected chi connectivity index (χ1v) is 3.25. The van der Waals surface area contributed by atoms with Gasteiger partial charge in [0.1, 0.15) is 0 Å². The van der Waals surface area contributed by atoms with Crippen molar-refractivity contribution >= 4 is 29.3 Å². The minimum Gasteiger partial charge on any atom is -0.378 e. The predicted octanol–water partition coefficient (Wildman–Crippen LogP) is 0.914. The lowest BCUT2D eigenvalue weighted by atomic mass is 10.5. The zero-order valence-electron chi connectivity index (χ0n) is 5.47. The number of ether oxygens (including phenoxy) is 1. The Kier molecular flexibility index (Phi) is 4.77. The van der Waals surface area contributed by atoms with Gasteiger partial charge in [0.25, 0.3) is 0 Å². The standard InChI is InChI=1S/C5H9ClN2O.ClH/c6-5(7)8-1-3-9-4-2-8;/h7H,1-4H2;1H. The molecule has 1 N–H and O–H groups in total. The molecule has 0 unspecified atom stereocenters. The van der Waals surface area contributed by atoms with Gasteiger partial charge in [0.15, 0.2) is 5.29 Å². The summed E-state index contributed by atoms with van der Waals surface area (Å²) in [6.45, 7) is 2.88. The van der Waals surface area contributed by atoms with Crippen LogP contribution in [0.5, 0.6) is 0 Å². The third-order valence-electron chi connectivity index (χ3n) is 1.29. The van der Waals surface area contributed by atoms with Crippen molar-refractivity contribution in [2.24, 2.45) is 0 Å². The summed E-state index contributed by atoms with van der Waals surface area (Å²) in [5.74, 6) is 0. The molecule has 1 fully saturated rings. The van der Waals surface area contributed by atoms with Crippen molar-refractivity contribution in [1.82, 2.24) is 4.90 Å². The Labute approximate surface area is 71.2 Å². The Bertz CT molecular complexity index is 114. The van der Waals surface area contributed by atoms with Gasteiger partial charge in [0.05, 0.1) is 13.2 Å². The Morgan fingerprint density at radius 1 is 1.40 bits per heavy atom. The van der Waals surface area contributed by atoms with Gasteiger partial charge in [-0.05, 0) is 11.6 Å². The van der Waals surface area contributed by atoms with E-state index in [1.54, 1.807) is 4.90 Å². The first-order chi connectivity index (χ1) is 4.30. The molecule has 1 saturated heterocycles. The molecule has 0 aromatic carbocycles. The highest BCUT2D eigenvalue weighted by Crippen LogP contribution is 1.98. The topological polar surface area (TPSA) is 36.3 Å². The van der Waals surface area contributed by atoms with Crippen molar-refractivity contribution in [1.29, 1.82) is 5.41 Å². The summed E-state index contributed by atoms with van der Waals surface area (Å²) in [4.78, 5) is 1.78. The molecular formula is C5H10Cl2N2O. The summed E-state index contributed by atoms with van der Waals surface area (Å²) >= 11 is 5.41. The number of nitrogens with zero attached hydrogens (tertiary/aromatic N) is 1. The third kappa shape index (κ3) is 2.73. The van der Waals surface area contributed by atoms with Gasteiger partial charge in [-0.25, -0.2) is 0 Å². The Hall–Kier alpha value is 0.01000. The van der Waals surface area contributed by atoms with E-state index in [-0.39, 0.29) is 17.7 Å². The van der Waals surface area contributed by atoms with Crippen molar-refractivity contribution in [3.8, 4) is 0 Å². The average Bonchev–Trinajstić information content (AvgIpc) is 1.90. The summed E-state index contributed by atoms with van der Waals surface area (Å²) in [5, 5.41) is 7.15. The normalized spacial score (nSPS) is 17.9. The minimum absolute atomic E-state index is 0. The number of hydrogen-bond acceptors (Lipinski definition) is 2. The van der Waals surface area contributed by atoms with Crippen LogP contribution >= 0.6 is 24.0 Å². The number of rotatable bonds is 0. The molecule has 0 spiro atoms. The molecule has 0 amide bonds. The molecule has 5 heteroatoms. The number of morpholine rings is 1. The summed E-state index contributed by atoms with van der Waals surface area (Å²) < 4.78 is 5.05. The van der Waals surface area contributed by atoms with Crippen LogP contribution in [0.4, 0.5) is 0 Å². The van der Waals surface area contributed by atoms with Gasteiger partial charge in [-0.3, -0.25) is 5.41 Å². The van der Waals surface area contributed by atoms with Crippen LogP contribution in [0.1, 0.15) is 0 Å². The SMILES string of the molecule is Cl.N=C(Cl)N1CCOCC1. The maximum Gasteiger partial charge on any atom is 0.191 e. The second-order valence-electron chi connectivity index (χ2n) is 1.89. The van der Waals surface area contributed by atoms with Gasteiger partial charge in [0, 0.05) is 13.1 Å². The van der Waals surface area contributed by atoms with Crippen LogP contribution in [0.2, 0.25) is 0 Å². The Morgan fingerprint density at radius 2 is 1.90 bits per heavy atom. The lowest BCUT2D eigenvalue weighted by Gasteiger charge is -2.25. The van der Waals surface area contributed by atoms with Crippen molar-refractivity contribution in [3.63, 3.8) is 0 Å². The van der Waals surface area contributed by atoms with Crippen molar-refractivity contribution in [2.75, 3.05) is 26.3 Å². The molecule has 0 radical (unpaired) electrons. The maximum absolute atomic E-state index is 7.02. The second-order valence-corrected chi connectivity index (χ2v) is 2.25. The zero-order valence-corrected chi connectivity index (χ0v) is 7.04. The molecule has 0 bridgehead atoms. The van der Waals surface area contributed by atoms with Crippen LogP contribution < -0.4 is 0 Å². The summed E-state index contributed by atoms with van der Waals surface area (Å²) in [7, 11) is 0. The fourth-order valence-corrected chi connectivity index (χ4v) is 0.929. The molecule has 0 atom stereocenters. The van der Waals surface area contributed by atoms with E-state index in [1.165, 1.54) is 0 Å². The molecule has 0 saturated carbocycles. The fourth-order valence-electron chi connectivity index (χ4n) is 0.760.